The molecule has 1 aliphatic rings. The van der Waals surface area contributed by atoms with Crippen LogP contribution in [0.3, 0.4) is 0 Å². The molecule has 0 heterocycles. The maximum Gasteiger partial charge on any atom is 0.127 e. The quantitative estimate of drug-likeness (QED) is 0.686. The number of aliphatic hydroxyl groups is 1. The molecule has 0 saturated heterocycles. The van der Waals surface area contributed by atoms with Gasteiger partial charge in [-0.3, -0.25) is 0 Å². The van der Waals surface area contributed by atoms with E-state index in [0.29, 0.717) is 12.8 Å². The zero-order valence-electron chi connectivity index (χ0n) is 9.47. The molecule has 1 aromatic carbocycles. The van der Waals surface area contributed by atoms with Gasteiger partial charge in [-0.2, -0.15) is 0 Å². The summed E-state index contributed by atoms with van der Waals surface area (Å²) >= 11 is 0. The van der Waals surface area contributed by atoms with E-state index in [2.05, 4.69) is 11.8 Å². The largest absolute Gasteiger partial charge is 0.378 e. The Morgan fingerprint density at radius 3 is 2.18 bits per heavy atom. The number of halogens is 2. The fourth-order valence-corrected chi connectivity index (χ4v) is 2.08. The van der Waals surface area contributed by atoms with Crippen LogP contribution in [0.1, 0.15) is 37.7 Å². The Labute approximate surface area is 99.5 Å². The highest BCUT2D eigenvalue weighted by molar-refractivity contribution is 5.37. The number of benzene rings is 1. The fraction of sp³-hybridized carbons (Fsp3) is 0.429. The summed E-state index contributed by atoms with van der Waals surface area (Å²) in [7, 11) is 0. The number of hydrogen-bond donors (Lipinski definition) is 1. The Kier molecular flexibility index (Phi) is 3.44. The van der Waals surface area contributed by atoms with Gasteiger partial charge in [-0.15, -0.1) is 0 Å². The molecule has 90 valence electrons. The summed E-state index contributed by atoms with van der Waals surface area (Å²) in [4.78, 5) is 0. The van der Waals surface area contributed by atoms with Crippen LogP contribution in [0.25, 0.3) is 0 Å². The molecule has 0 bridgehead atoms. The van der Waals surface area contributed by atoms with E-state index in [4.69, 9.17) is 0 Å². The van der Waals surface area contributed by atoms with Crippen LogP contribution in [0, 0.1) is 23.5 Å². The number of hydrogen-bond acceptors (Lipinski definition) is 1. The molecule has 3 heteroatoms. The molecule has 0 atom stereocenters. The summed E-state index contributed by atoms with van der Waals surface area (Å²) in [5, 5.41) is 10.1. The molecule has 1 nitrogen and oxygen atoms in total. The zero-order valence-corrected chi connectivity index (χ0v) is 9.47. The van der Waals surface area contributed by atoms with Gasteiger partial charge in [0.25, 0.3) is 0 Å². The van der Waals surface area contributed by atoms with Crippen molar-refractivity contribution in [2.24, 2.45) is 0 Å². The first-order chi connectivity index (χ1) is 8.07. The molecule has 1 saturated carbocycles. The van der Waals surface area contributed by atoms with Crippen LogP contribution in [0.2, 0.25) is 0 Å². The van der Waals surface area contributed by atoms with Crippen molar-refractivity contribution >= 4 is 0 Å². The minimum absolute atomic E-state index is 0.265. The molecule has 0 spiro atoms. The van der Waals surface area contributed by atoms with Gasteiger partial charge in [-0.25, -0.2) is 8.78 Å². The minimum atomic E-state index is -0.985. The van der Waals surface area contributed by atoms with Crippen molar-refractivity contribution in [2.75, 3.05) is 0 Å². The van der Waals surface area contributed by atoms with Gasteiger partial charge in [0, 0.05) is 11.6 Å². The Morgan fingerprint density at radius 1 is 1.00 bits per heavy atom. The summed E-state index contributed by atoms with van der Waals surface area (Å²) < 4.78 is 25.8. The van der Waals surface area contributed by atoms with Crippen molar-refractivity contribution in [3.8, 4) is 11.8 Å². The van der Waals surface area contributed by atoms with E-state index in [-0.39, 0.29) is 5.56 Å². The third kappa shape index (κ3) is 3.28. The van der Waals surface area contributed by atoms with Crippen molar-refractivity contribution in [1.82, 2.24) is 0 Å². The molecule has 0 radical (unpaired) electrons. The molecule has 0 unspecified atom stereocenters. The molecule has 1 aliphatic carbocycles. The van der Waals surface area contributed by atoms with Crippen molar-refractivity contribution in [1.29, 1.82) is 0 Å². The fourth-order valence-electron chi connectivity index (χ4n) is 2.08. The van der Waals surface area contributed by atoms with Crippen molar-refractivity contribution in [3.05, 3.63) is 35.4 Å². The molecule has 17 heavy (non-hydrogen) atoms. The van der Waals surface area contributed by atoms with Gasteiger partial charge in [0.15, 0.2) is 0 Å². The second kappa shape index (κ2) is 4.85. The SMILES string of the molecule is OC1(C#Cc2cc(F)cc(F)c2)CCCCC1. The predicted molar refractivity (Wildman–Crippen MR) is 61.3 cm³/mol. The molecule has 1 fully saturated rings. The van der Waals surface area contributed by atoms with Crippen molar-refractivity contribution in [3.63, 3.8) is 0 Å². The van der Waals surface area contributed by atoms with E-state index in [1.807, 2.05) is 0 Å². The third-order valence-corrected chi connectivity index (χ3v) is 2.98. The standard InChI is InChI=1S/C14H14F2O/c15-12-8-11(9-13(16)10-12)4-7-14(17)5-2-1-3-6-14/h8-10,17H,1-3,5-6H2. The third-order valence-electron chi connectivity index (χ3n) is 2.98. The second-order valence-electron chi connectivity index (χ2n) is 4.50. The van der Waals surface area contributed by atoms with Gasteiger partial charge in [-0.1, -0.05) is 18.3 Å². The molecule has 1 N–H and O–H groups in total. The van der Waals surface area contributed by atoms with E-state index < -0.39 is 17.2 Å². The lowest BCUT2D eigenvalue weighted by Gasteiger charge is -2.26. The van der Waals surface area contributed by atoms with Gasteiger partial charge < -0.3 is 5.11 Å². The summed E-state index contributed by atoms with van der Waals surface area (Å²) in [6.45, 7) is 0. The van der Waals surface area contributed by atoms with Gasteiger partial charge in [0.2, 0.25) is 0 Å². The van der Waals surface area contributed by atoms with E-state index >= 15 is 0 Å². The van der Waals surface area contributed by atoms with Gasteiger partial charge in [-0.05, 0) is 37.8 Å². The number of rotatable bonds is 0. The normalized spacial score (nSPS) is 18.3. The highest BCUT2D eigenvalue weighted by atomic mass is 19.1. The lowest BCUT2D eigenvalue weighted by molar-refractivity contribution is 0.0610. The highest BCUT2D eigenvalue weighted by Crippen LogP contribution is 2.27. The van der Waals surface area contributed by atoms with E-state index in [1.54, 1.807) is 0 Å². The maximum absolute atomic E-state index is 12.9. The summed E-state index contributed by atoms with van der Waals surface area (Å²) in [5.41, 5.74) is -0.720. The average Bonchev–Trinajstić information content (AvgIpc) is 2.26. The lowest BCUT2D eigenvalue weighted by Crippen LogP contribution is -2.29. The van der Waals surface area contributed by atoms with Crippen molar-refractivity contribution < 1.29 is 13.9 Å². The molecule has 0 aliphatic heterocycles. The predicted octanol–water partition coefficient (Wildman–Crippen LogP) is 3.01. The lowest BCUT2D eigenvalue weighted by atomic mass is 9.85. The van der Waals surface area contributed by atoms with Gasteiger partial charge >= 0.3 is 0 Å². The average molecular weight is 236 g/mol. The maximum atomic E-state index is 12.9. The first kappa shape index (κ1) is 12.1. The van der Waals surface area contributed by atoms with Crippen molar-refractivity contribution in [2.45, 2.75) is 37.7 Å². The monoisotopic (exact) mass is 236 g/mol. The van der Waals surface area contributed by atoms with E-state index in [1.165, 1.54) is 12.1 Å². The zero-order chi connectivity index (χ0) is 12.3. The van der Waals surface area contributed by atoms with Gasteiger partial charge in [0.05, 0.1) is 0 Å². The Balaban J connectivity index is 2.19. The molecular formula is C14H14F2O. The van der Waals surface area contributed by atoms with E-state index in [0.717, 1.165) is 25.3 Å². The van der Waals surface area contributed by atoms with Crippen LogP contribution in [0.5, 0.6) is 0 Å². The van der Waals surface area contributed by atoms with Gasteiger partial charge in [0.1, 0.15) is 17.2 Å². The Bertz CT molecular complexity index is 445. The van der Waals surface area contributed by atoms with Crippen LogP contribution < -0.4 is 0 Å². The molecule has 2 rings (SSSR count). The molecular weight excluding hydrogens is 222 g/mol. The first-order valence-electron chi connectivity index (χ1n) is 5.79. The van der Waals surface area contributed by atoms with Crippen LogP contribution in [-0.4, -0.2) is 10.7 Å². The van der Waals surface area contributed by atoms with E-state index in [9.17, 15) is 13.9 Å². The smallest absolute Gasteiger partial charge is 0.127 e. The second-order valence-corrected chi connectivity index (χ2v) is 4.50. The highest BCUT2D eigenvalue weighted by Gasteiger charge is 2.26. The topological polar surface area (TPSA) is 20.2 Å². The van der Waals surface area contributed by atoms with Crippen LogP contribution in [-0.2, 0) is 0 Å². The molecule has 0 aromatic heterocycles. The first-order valence-corrected chi connectivity index (χ1v) is 5.79. The summed E-state index contributed by atoms with van der Waals surface area (Å²) in [5.74, 6) is 4.10. The Morgan fingerprint density at radius 2 is 1.59 bits per heavy atom. The van der Waals surface area contributed by atoms with Crippen LogP contribution in [0.15, 0.2) is 18.2 Å². The van der Waals surface area contributed by atoms with Crippen LogP contribution in [0.4, 0.5) is 8.78 Å². The molecule has 1 aromatic rings. The summed E-state index contributed by atoms with van der Waals surface area (Å²) in [6.07, 6.45) is 4.28. The summed E-state index contributed by atoms with van der Waals surface area (Å²) in [6, 6.07) is 3.14. The van der Waals surface area contributed by atoms with Crippen LogP contribution >= 0.6 is 0 Å². The molecule has 0 amide bonds. The Hall–Kier alpha value is -1.40. The minimum Gasteiger partial charge on any atom is -0.378 e.